The van der Waals surface area contributed by atoms with Crippen LogP contribution in [-0.2, 0) is 35.6 Å². The average Bonchev–Trinajstić information content (AvgIpc) is 2.65. The fraction of sp³-hybridized carbons (Fsp3) is 0.471. The maximum absolute atomic E-state index is 12.6. The van der Waals surface area contributed by atoms with Gasteiger partial charge in [-0.1, -0.05) is 11.8 Å². The number of nitrogens with zero attached hydrogens (tertiary/aromatic N) is 4. The Bertz CT molecular complexity index is 1010. The summed E-state index contributed by atoms with van der Waals surface area (Å²) >= 11 is 1.27. The predicted molar refractivity (Wildman–Crippen MR) is 101 cm³/mol. The van der Waals surface area contributed by atoms with E-state index in [2.05, 4.69) is 15.0 Å². The Morgan fingerprint density at radius 3 is 2.31 bits per heavy atom. The standard InChI is InChI=1S/C17H20N4O7S/c1-8(22)26-7-12(27-9(2)23)14(28-10(3)24)11-6-18-15-13(19-11)16(25)21(4)17(20-15)29-5/h6,12,14H,7H2,1-5H3. The van der Waals surface area contributed by atoms with Gasteiger partial charge in [-0.05, 0) is 6.26 Å². The number of carbonyl (C=O) groups excluding carboxylic acids is 3. The zero-order valence-electron chi connectivity index (χ0n) is 16.5. The summed E-state index contributed by atoms with van der Waals surface area (Å²) in [5, 5.41) is 0.453. The van der Waals surface area contributed by atoms with Crippen LogP contribution in [0.5, 0.6) is 0 Å². The van der Waals surface area contributed by atoms with Crippen molar-refractivity contribution in [3.05, 3.63) is 22.2 Å². The van der Waals surface area contributed by atoms with Gasteiger partial charge in [0.15, 0.2) is 28.5 Å². The number of ether oxygens (including phenoxy) is 3. The van der Waals surface area contributed by atoms with Crippen LogP contribution < -0.4 is 5.56 Å². The molecule has 0 aromatic carbocycles. The summed E-state index contributed by atoms with van der Waals surface area (Å²) in [4.78, 5) is 59.6. The summed E-state index contributed by atoms with van der Waals surface area (Å²) in [7, 11) is 1.54. The van der Waals surface area contributed by atoms with E-state index in [-0.39, 0.29) is 23.5 Å². The average molecular weight is 424 g/mol. The molecule has 0 fully saturated rings. The van der Waals surface area contributed by atoms with Crippen LogP contribution in [-0.4, -0.2) is 56.4 Å². The topological polar surface area (TPSA) is 140 Å². The molecule has 0 spiro atoms. The lowest BCUT2D eigenvalue weighted by Crippen LogP contribution is -2.33. The highest BCUT2D eigenvalue weighted by Gasteiger charge is 2.32. The molecule has 2 aromatic rings. The van der Waals surface area contributed by atoms with Crippen LogP contribution in [0.15, 0.2) is 16.1 Å². The highest BCUT2D eigenvalue weighted by molar-refractivity contribution is 7.98. The van der Waals surface area contributed by atoms with Gasteiger partial charge in [0.1, 0.15) is 12.3 Å². The van der Waals surface area contributed by atoms with E-state index in [0.717, 1.165) is 13.8 Å². The zero-order chi connectivity index (χ0) is 21.7. The van der Waals surface area contributed by atoms with E-state index >= 15 is 0 Å². The van der Waals surface area contributed by atoms with Gasteiger partial charge in [0.05, 0.1) is 6.20 Å². The Kier molecular flexibility index (Phi) is 7.26. The molecule has 2 unspecified atom stereocenters. The van der Waals surface area contributed by atoms with Crippen molar-refractivity contribution in [2.45, 2.75) is 38.1 Å². The molecular weight excluding hydrogens is 404 g/mol. The Balaban J connectivity index is 2.57. The lowest BCUT2D eigenvalue weighted by Gasteiger charge is -2.25. The molecule has 2 aromatic heterocycles. The molecule has 29 heavy (non-hydrogen) atoms. The Morgan fingerprint density at radius 1 is 1.10 bits per heavy atom. The van der Waals surface area contributed by atoms with Crippen molar-refractivity contribution >= 4 is 40.8 Å². The quantitative estimate of drug-likeness (QED) is 0.266. The van der Waals surface area contributed by atoms with Gasteiger partial charge in [0, 0.05) is 27.8 Å². The van der Waals surface area contributed by atoms with Crippen LogP contribution in [0.4, 0.5) is 0 Å². The number of fused-ring (bicyclic) bond motifs is 1. The minimum Gasteiger partial charge on any atom is -0.462 e. The van der Waals surface area contributed by atoms with E-state index in [1.54, 1.807) is 13.3 Å². The van der Waals surface area contributed by atoms with Crippen LogP contribution >= 0.6 is 11.8 Å². The minimum absolute atomic E-state index is 0.0434. The lowest BCUT2D eigenvalue weighted by molar-refractivity contribution is -0.174. The second-order valence-electron chi connectivity index (χ2n) is 5.91. The summed E-state index contributed by atoms with van der Waals surface area (Å²) in [5.41, 5.74) is -0.331. The van der Waals surface area contributed by atoms with Crippen LogP contribution in [0, 0.1) is 0 Å². The van der Waals surface area contributed by atoms with Gasteiger partial charge in [0.25, 0.3) is 5.56 Å². The summed E-state index contributed by atoms with van der Waals surface area (Å²) in [6.07, 6.45) is 0.591. The highest BCUT2D eigenvalue weighted by atomic mass is 32.2. The molecular formula is C17H20N4O7S. The first-order chi connectivity index (χ1) is 13.6. The Labute approximate surface area is 169 Å². The largest absolute Gasteiger partial charge is 0.462 e. The summed E-state index contributed by atoms with van der Waals surface area (Å²) < 4.78 is 16.6. The third-order valence-electron chi connectivity index (χ3n) is 3.64. The molecule has 0 aliphatic carbocycles. The molecule has 0 radical (unpaired) electrons. The number of esters is 3. The SMILES string of the molecule is CSc1nc2ncc(C(OC(C)=O)C(COC(C)=O)OC(C)=O)nc2c(=O)n1C. The number of hydrogen-bond donors (Lipinski definition) is 0. The van der Waals surface area contributed by atoms with E-state index in [0.29, 0.717) is 5.16 Å². The molecule has 0 N–H and O–H groups in total. The molecule has 2 heterocycles. The van der Waals surface area contributed by atoms with E-state index in [1.165, 1.54) is 29.4 Å². The van der Waals surface area contributed by atoms with E-state index in [4.69, 9.17) is 14.2 Å². The van der Waals surface area contributed by atoms with Crippen molar-refractivity contribution in [2.24, 2.45) is 7.05 Å². The molecule has 0 amide bonds. The summed E-state index contributed by atoms with van der Waals surface area (Å²) in [6.45, 7) is 3.11. The molecule has 2 atom stereocenters. The van der Waals surface area contributed by atoms with Crippen molar-refractivity contribution in [3.8, 4) is 0 Å². The zero-order valence-corrected chi connectivity index (χ0v) is 17.3. The predicted octanol–water partition coefficient (Wildman–Crippen LogP) is 0.544. The fourth-order valence-corrected chi connectivity index (χ4v) is 2.99. The monoisotopic (exact) mass is 424 g/mol. The number of aromatic nitrogens is 4. The van der Waals surface area contributed by atoms with Gasteiger partial charge in [-0.3, -0.25) is 23.7 Å². The first kappa shape index (κ1) is 22.3. The smallest absolute Gasteiger partial charge is 0.303 e. The van der Waals surface area contributed by atoms with Crippen LogP contribution in [0.1, 0.15) is 32.6 Å². The van der Waals surface area contributed by atoms with Crippen molar-refractivity contribution < 1.29 is 28.6 Å². The van der Waals surface area contributed by atoms with Crippen LogP contribution in [0.25, 0.3) is 11.2 Å². The van der Waals surface area contributed by atoms with Gasteiger partial charge in [-0.2, -0.15) is 0 Å². The van der Waals surface area contributed by atoms with Crippen LogP contribution in [0.3, 0.4) is 0 Å². The van der Waals surface area contributed by atoms with Crippen molar-refractivity contribution in [2.75, 3.05) is 12.9 Å². The molecule has 11 nitrogen and oxygen atoms in total. The first-order valence-electron chi connectivity index (χ1n) is 8.39. The molecule has 2 rings (SSSR count). The van der Waals surface area contributed by atoms with Crippen molar-refractivity contribution in [3.63, 3.8) is 0 Å². The normalized spacial score (nSPS) is 12.9. The van der Waals surface area contributed by atoms with Crippen molar-refractivity contribution in [1.29, 1.82) is 0 Å². The lowest BCUT2D eigenvalue weighted by atomic mass is 10.1. The Morgan fingerprint density at radius 2 is 1.76 bits per heavy atom. The molecule has 156 valence electrons. The summed E-state index contributed by atoms with van der Waals surface area (Å²) in [5.74, 6) is -1.99. The van der Waals surface area contributed by atoms with Gasteiger partial charge in [-0.25, -0.2) is 15.0 Å². The molecule has 0 saturated carbocycles. The highest BCUT2D eigenvalue weighted by Crippen LogP contribution is 2.24. The van der Waals surface area contributed by atoms with E-state index < -0.39 is 35.7 Å². The molecule has 12 heteroatoms. The number of rotatable bonds is 7. The summed E-state index contributed by atoms with van der Waals surface area (Å²) in [6, 6.07) is 0. The van der Waals surface area contributed by atoms with Crippen LogP contribution in [0.2, 0.25) is 0 Å². The first-order valence-corrected chi connectivity index (χ1v) is 9.62. The number of hydrogen-bond acceptors (Lipinski definition) is 11. The maximum Gasteiger partial charge on any atom is 0.303 e. The van der Waals surface area contributed by atoms with Gasteiger partial charge >= 0.3 is 17.9 Å². The second-order valence-corrected chi connectivity index (χ2v) is 6.68. The third kappa shape index (κ3) is 5.50. The van der Waals surface area contributed by atoms with Crippen molar-refractivity contribution in [1.82, 2.24) is 19.5 Å². The van der Waals surface area contributed by atoms with E-state index in [1.807, 2.05) is 0 Å². The van der Waals surface area contributed by atoms with Gasteiger partial charge < -0.3 is 14.2 Å². The second kappa shape index (κ2) is 9.45. The third-order valence-corrected chi connectivity index (χ3v) is 4.37. The van der Waals surface area contributed by atoms with Gasteiger partial charge in [0.2, 0.25) is 0 Å². The molecule has 0 aliphatic rings. The number of thioether (sulfide) groups is 1. The Hall–Kier alpha value is -3.02. The maximum atomic E-state index is 12.6. The minimum atomic E-state index is -1.25. The molecule has 0 aliphatic heterocycles. The van der Waals surface area contributed by atoms with Gasteiger partial charge in [-0.15, -0.1) is 0 Å². The molecule has 0 saturated heterocycles. The molecule has 0 bridgehead atoms. The fourth-order valence-electron chi connectivity index (χ4n) is 2.45. The van der Waals surface area contributed by atoms with E-state index in [9.17, 15) is 19.2 Å². The number of carbonyl (C=O) groups is 3.